The Labute approximate surface area is 114 Å². The van der Waals surface area contributed by atoms with E-state index in [2.05, 4.69) is 48.0 Å². The highest BCUT2D eigenvalue weighted by Gasteiger charge is 2.24. The highest BCUT2D eigenvalue weighted by Crippen LogP contribution is 2.34. The molecule has 17 heavy (non-hydrogen) atoms. The van der Waals surface area contributed by atoms with Gasteiger partial charge < -0.3 is 0 Å². The summed E-state index contributed by atoms with van der Waals surface area (Å²) in [5.41, 5.74) is 4.33. The molecule has 1 atom stereocenters. The number of rotatable bonds is 4. The van der Waals surface area contributed by atoms with Crippen LogP contribution in [0.4, 0.5) is 0 Å². The van der Waals surface area contributed by atoms with Crippen LogP contribution in [0.15, 0.2) is 18.2 Å². The molecule has 1 aliphatic carbocycles. The van der Waals surface area contributed by atoms with Gasteiger partial charge in [-0.3, -0.25) is 0 Å². The Kier molecular flexibility index (Phi) is 4.67. The van der Waals surface area contributed by atoms with E-state index >= 15 is 0 Å². The van der Waals surface area contributed by atoms with Gasteiger partial charge in [0.15, 0.2) is 0 Å². The molecule has 1 aromatic rings. The summed E-state index contributed by atoms with van der Waals surface area (Å²) in [5, 5.41) is 1.16. The molecule has 1 heteroatoms. The highest BCUT2D eigenvalue weighted by atomic mass is 79.9. The van der Waals surface area contributed by atoms with E-state index in [9.17, 15) is 0 Å². The lowest BCUT2D eigenvalue weighted by Crippen LogP contribution is -2.16. The molecule has 1 aromatic carbocycles. The maximum atomic E-state index is 3.72. The van der Waals surface area contributed by atoms with E-state index in [1.807, 2.05) is 0 Å². The summed E-state index contributed by atoms with van der Waals surface area (Å²) in [5.74, 6) is 1.79. The predicted octanol–water partition coefficient (Wildman–Crippen LogP) is 5.05. The predicted molar refractivity (Wildman–Crippen MR) is 78.9 cm³/mol. The highest BCUT2D eigenvalue weighted by molar-refractivity contribution is 9.09. The van der Waals surface area contributed by atoms with E-state index in [4.69, 9.17) is 0 Å². The van der Waals surface area contributed by atoms with Crippen molar-refractivity contribution >= 4 is 15.9 Å². The molecular weight excluding hydrogens is 272 g/mol. The molecular formula is C16H23Br. The van der Waals surface area contributed by atoms with Crippen molar-refractivity contribution < 1.29 is 0 Å². The molecule has 0 amide bonds. The third-order valence-electron chi connectivity index (χ3n) is 4.04. The summed E-state index contributed by atoms with van der Waals surface area (Å²) in [4.78, 5) is 0. The van der Waals surface area contributed by atoms with Gasteiger partial charge in [-0.2, -0.15) is 0 Å². The van der Waals surface area contributed by atoms with Crippen molar-refractivity contribution in [2.75, 3.05) is 5.33 Å². The summed E-state index contributed by atoms with van der Waals surface area (Å²) >= 11 is 3.72. The van der Waals surface area contributed by atoms with Crippen LogP contribution in [0.3, 0.4) is 0 Å². The van der Waals surface area contributed by atoms with Gasteiger partial charge in [-0.05, 0) is 37.7 Å². The molecule has 0 saturated heterocycles. The van der Waals surface area contributed by atoms with Gasteiger partial charge in [0, 0.05) is 5.33 Å². The Morgan fingerprint density at radius 1 is 1.12 bits per heavy atom. The summed E-state index contributed by atoms with van der Waals surface area (Å²) in [6.07, 6.45) is 7.03. The van der Waals surface area contributed by atoms with E-state index in [-0.39, 0.29) is 0 Å². The van der Waals surface area contributed by atoms with Gasteiger partial charge in [-0.25, -0.2) is 0 Å². The first-order chi connectivity index (χ1) is 8.19. The van der Waals surface area contributed by atoms with E-state index in [1.165, 1.54) is 48.8 Å². The molecule has 0 bridgehead atoms. The Balaban J connectivity index is 2.06. The average molecular weight is 295 g/mol. The standard InChI is InChI=1S/C16H23Br/c1-12-7-13(2)9-14(8-12)10-16(11-17)15-5-3-4-6-15/h7-9,15-16H,3-6,10-11H2,1-2H3. The van der Waals surface area contributed by atoms with Gasteiger partial charge in [0.05, 0.1) is 0 Å². The fourth-order valence-corrected chi connectivity index (χ4v) is 4.02. The van der Waals surface area contributed by atoms with Gasteiger partial charge in [0.2, 0.25) is 0 Å². The molecule has 1 unspecified atom stereocenters. The number of benzene rings is 1. The summed E-state index contributed by atoms with van der Waals surface area (Å²) in [7, 11) is 0. The van der Waals surface area contributed by atoms with Crippen LogP contribution in [0, 0.1) is 25.7 Å². The van der Waals surface area contributed by atoms with Crippen molar-refractivity contribution in [3.05, 3.63) is 34.9 Å². The van der Waals surface area contributed by atoms with Gasteiger partial charge in [-0.15, -0.1) is 0 Å². The van der Waals surface area contributed by atoms with Crippen LogP contribution in [-0.2, 0) is 6.42 Å². The fraction of sp³-hybridized carbons (Fsp3) is 0.625. The molecule has 2 rings (SSSR count). The lowest BCUT2D eigenvalue weighted by Gasteiger charge is -2.21. The van der Waals surface area contributed by atoms with Crippen LogP contribution in [0.2, 0.25) is 0 Å². The topological polar surface area (TPSA) is 0 Å². The molecule has 0 heterocycles. The Bertz CT molecular complexity index is 344. The van der Waals surface area contributed by atoms with Crippen molar-refractivity contribution in [2.45, 2.75) is 46.0 Å². The molecule has 0 radical (unpaired) electrons. The van der Waals surface area contributed by atoms with Crippen LogP contribution in [0.1, 0.15) is 42.4 Å². The third kappa shape index (κ3) is 3.58. The van der Waals surface area contributed by atoms with Crippen LogP contribution in [-0.4, -0.2) is 5.33 Å². The van der Waals surface area contributed by atoms with E-state index < -0.39 is 0 Å². The number of hydrogen-bond acceptors (Lipinski definition) is 0. The zero-order chi connectivity index (χ0) is 12.3. The van der Waals surface area contributed by atoms with Crippen LogP contribution >= 0.6 is 15.9 Å². The summed E-state index contributed by atoms with van der Waals surface area (Å²) in [6, 6.07) is 6.98. The molecule has 0 spiro atoms. The van der Waals surface area contributed by atoms with Gasteiger partial charge in [0.25, 0.3) is 0 Å². The van der Waals surface area contributed by atoms with Gasteiger partial charge >= 0.3 is 0 Å². The fourth-order valence-electron chi connectivity index (χ4n) is 3.27. The van der Waals surface area contributed by atoms with Crippen molar-refractivity contribution in [2.24, 2.45) is 11.8 Å². The van der Waals surface area contributed by atoms with Crippen LogP contribution < -0.4 is 0 Å². The Hall–Kier alpha value is -0.300. The first-order valence-electron chi connectivity index (χ1n) is 6.82. The van der Waals surface area contributed by atoms with Crippen molar-refractivity contribution in [1.29, 1.82) is 0 Å². The summed E-state index contributed by atoms with van der Waals surface area (Å²) < 4.78 is 0. The van der Waals surface area contributed by atoms with E-state index in [0.717, 1.165) is 17.2 Å². The minimum atomic E-state index is 0.832. The van der Waals surface area contributed by atoms with Crippen molar-refractivity contribution in [3.8, 4) is 0 Å². The van der Waals surface area contributed by atoms with Crippen molar-refractivity contribution in [3.63, 3.8) is 0 Å². The second kappa shape index (κ2) is 6.04. The number of hydrogen-bond donors (Lipinski definition) is 0. The molecule has 0 N–H and O–H groups in total. The molecule has 1 saturated carbocycles. The lowest BCUT2D eigenvalue weighted by molar-refractivity contribution is 0.373. The zero-order valence-corrected chi connectivity index (χ0v) is 12.6. The molecule has 94 valence electrons. The van der Waals surface area contributed by atoms with Crippen molar-refractivity contribution in [1.82, 2.24) is 0 Å². The SMILES string of the molecule is Cc1cc(C)cc(CC(CBr)C2CCCC2)c1. The molecule has 1 aliphatic rings. The Morgan fingerprint density at radius 2 is 1.71 bits per heavy atom. The monoisotopic (exact) mass is 294 g/mol. The third-order valence-corrected chi connectivity index (χ3v) is 4.88. The molecule has 1 fully saturated rings. The lowest BCUT2D eigenvalue weighted by atomic mass is 9.86. The minimum absolute atomic E-state index is 0.832. The first kappa shape index (κ1) is 13.1. The number of halogens is 1. The maximum Gasteiger partial charge on any atom is 0.00654 e. The van der Waals surface area contributed by atoms with Gasteiger partial charge in [-0.1, -0.05) is 70.9 Å². The quantitative estimate of drug-likeness (QED) is 0.682. The normalized spacial score (nSPS) is 18.5. The van der Waals surface area contributed by atoms with E-state index in [1.54, 1.807) is 0 Å². The largest absolute Gasteiger partial charge is 0.0925 e. The second-order valence-corrected chi connectivity index (χ2v) is 6.31. The minimum Gasteiger partial charge on any atom is -0.0925 e. The van der Waals surface area contributed by atoms with Crippen LogP contribution in [0.5, 0.6) is 0 Å². The maximum absolute atomic E-state index is 3.72. The molecule has 0 nitrogen and oxygen atoms in total. The summed E-state index contributed by atoms with van der Waals surface area (Å²) in [6.45, 7) is 4.41. The molecule has 0 aliphatic heterocycles. The number of aryl methyl sites for hydroxylation is 2. The smallest absolute Gasteiger partial charge is 0.00654 e. The first-order valence-corrected chi connectivity index (χ1v) is 7.94. The van der Waals surface area contributed by atoms with E-state index in [0.29, 0.717) is 0 Å². The Morgan fingerprint density at radius 3 is 2.24 bits per heavy atom. The van der Waals surface area contributed by atoms with Gasteiger partial charge in [0.1, 0.15) is 0 Å². The number of alkyl halides is 1. The second-order valence-electron chi connectivity index (χ2n) is 5.66. The average Bonchev–Trinajstić information content (AvgIpc) is 2.77. The zero-order valence-electron chi connectivity index (χ0n) is 11.0. The molecule has 0 aromatic heterocycles. The van der Waals surface area contributed by atoms with Crippen LogP contribution in [0.25, 0.3) is 0 Å².